The van der Waals surface area contributed by atoms with Gasteiger partial charge in [-0.3, -0.25) is 0 Å². The van der Waals surface area contributed by atoms with Crippen LogP contribution in [0.15, 0.2) is 24.8 Å². The molecule has 0 unspecified atom stereocenters. The van der Waals surface area contributed by atoms with E-state index in [9.17, 15) is 0 Å². The lowest BCUT2D eigenvalue weighted by atomic mass is 9.80. The minimum absolute atomic E-state index is 0.248. The molecule has 1 nitrogen and oxygen atoms in total. The van der Waals surface area contributed by atoms with Crippen LogP contribution in [-0.2, 0) is 4.43 Å². The van der Waals surface area contributed by atoms with Gasteiger partial charge in [0.15, 0.2) is 8.32 Å². The Kier molecular flexibility index (Phi) is 6.25. The highest BCUT2D eigenvalue weighted by Crippen LogP contribution is 2.57. The van der Waals surface area contributed by atoms with E-state index in [2.05, 4.69) is 70.5 Å². The molecule has 1 heterocycles. The van der Waals surface area contributed by atoms with E-state index in [0.29, 0.717) is 10.00 Å². The van der Waals surface area contributed by atoms with Crippen molar-refractivity contribution in [3.8, 4) is 0 Å². The van der Waals surface area contributed by atoms with Gasteiger partial charge in [0.1, 0.15) is 0 Å². The van der Waals surface area contributed by atoms with Crippen molar-refractivity contribution in [3.05, 3.63) is 24.8 Å². The van der Waals surface area contributed by atoms with Crippen molar-refractivity contribution in [1.29, 1.82) is 0 Å². The van der Waals surface area contributed by atoms with Gasteiger partial charge in [-0.2, -0.15) is 0 Å². The molecule has 0 bridgehead atoms. The first-order valence-corrected chi connectivity index (χ1v) is 13.7. The van der Waals surface area contributed by atoms with Crippen molar-refractivity contribution in [1.82, 2.24) is 0 Å². The van der Waals surface area contributed by atoms with Crippen LogP contribution in [0.1, 0.15) is 46.5 Å². The van der Waals surface area contributed by atoms with E-state index in [1.54, 1.807) is 0 Å². The Morgan fingerprint density at radius 3 is 2.39 bits per heavy atom. The Balaban J connectivity index is 2.18. The fraction of sp³-hybridized carbons (Fsp3) is 0.789. The molecule has 0 aromatic heterocycles. The van der Waals surface area contributed by atoms with Gasteiger partial charge in [-0.25, -0.2) is 0 Å². The van der Waals surface area contributed by atoms with E-state index in [4.69, 9.17) is 4.43 Å². The molecule has 2 rings (SSSR count). The summed E-state index contributed by atoms with van der Waals surface area (Å²) in [6, 6.07) is 0. The lowest BCUT2D eigenvalue weighted by Crippen LogP contribution is -2.48. The lowest BCUT2D eigenvalue weighted by molar-refractivity contribution is 0.162. The predicted octanol–water partition coefficient (Wildman–Crippen LogP) is 6.49. The van der Waals surface area contributed by atoms with Crippen LogP contribution in [0.4, 0.5) is 0 Å². The average molecular weight is 371 g/mol. The summed E-state index contributed by atoms with van der Waals surface area (Å²) < 4.78 is 7.21. The van der Waals surface area contributed by atoms with Crippen LogP contribution in [0.2, 0.25) is 18.1 Å². The normalized spacial score (nSPS) is 28.3. The standard InChI is InChI=1S/C19H34OS2Si/c1-8-9-10-16-13-19(21-11-12-22-19)14-17(15(16)2)20-23(6,7)18(3,4)5/h8,16-17H,1-2,9-14H2,3-7H3/t16-,17-/m1/s1. The highest BCUT2D eigenvalue weighted by atomic mass is 32.2. The monoisotopic (exact) mass is 370 g/mol. The zero-order valence-electron chi connectivity index (χ0n) is 15.6. The van der Waals surface area contributed by atoms with Crippen molar-refractivity contribution in [2.45, 2.75) is 74.8 Å². The molecular weight excluding hydrogens is 336 g/mol. The van der Waals surface area contributed by atoms with E-state index >= 15 is 0 Å². The van der Waals surface area contributed by atoms with Gasteiger partial charge >= 0.3 is 0 Å². The van der Waals surface area contributed by atoms with Gasteiger partial charge < -0.3 is 4.43 Å². The van der Waals surface area contributed by atoms with E-state index in [1.807, 2.05) is 6.08 Å². The molecule has 0 amide bonds. The second-order valence-corrected chi connectivity index (χ2v) is 16.5. The van der Waals surface area contributed by atoms with E-state index in [-0.39, 0.29) is 11.1 Å². The van der Waals surface area contributed by atoms with Crippen LogP contribution in [0.3, 0.4) is 0 Å². The maximum atomic E-state index is 6.84. The Labute approximate surface area is 153 Å². The quantitative estimate of drug-likeness (QED) is 0.404. The molecule has 1 aliphatic heterocycles. The maximum Gasteiger partial charge on any atom is 0.192 e. The average Bonchev–Trinajstić information content (AvgIpc) is 2.87. The Morgan fingerprint density at radius 2 is 1.87 bits per heavy atom. The van der Waals surface area contributed by atoms with Gasteiger partial charge in [0.05, 0.1) is 10.2 Å². The van der Waals surface area contributed by atoms with Crippen LogP contribution >= 0.6 is 23.5 Å². The molecule has 4 heteroatoms. The smallest absolute Gasteiger partial charge is 0.192 e. The summed E-state index contributed by atoms with van der Waals surface area (Å²) in [6.07, 6.45) is 6.99. The molecule has 0 aromatic carbocycles. The number of hydrogen-bond donors (Lipinski definition) is 0. The van der Waals surface area contributed by atoms with E-state index < -0.39 is 8.32 Å². The number of hydrogen-bond acceptors (Lipinski definition) is 3. The third-order valence-electron chi connectivity index (χ3n) is 5.77. The summed E-state index contributed by atoms with van der Waals surface area (Å²) in [5.41, 5.74) is 1.36. The summed E-state index contributed by atoms with van der Waals surface area (Å²) >= 11 is 4.35. The summed E-state index contributed by atoms with van der Waals surface area (Å²) in [5, 5.41) is 0.254. The molecule has 1 saturated heterocycles. The highest BCUT2D eigenvalue weighted by molar-refractivity contribution is 8.21. The van der Waals surface area contributed by atoms with Crippen LogP contribution in [-0.4, -0.2) is 30.0 Å². The molecule has 2 fully saturated rings. The molecule has 1 saturated carbocycles. The fourth-order valence-electron chi connectivity index (χ4n) is 3.26. The fourth-order valence-corrected chi connectivity index (χ4v) is 7.98. The minimum Gasteiger partial charge on any atom is -0.410 e. The van der Waals surface area contributed by atoms with E-state index in [1.165, 1.54) is 29.9 Å². The van der Waals surface area contributed by atoms with Crippen LogP contribution < -0.4 is 0 Å². The first kappa shape index (κ1) is 19.7. The Hall–Kier alpha value is 0.357. The van der Waals surface area contributed by atoms with Gasteiger partial charge in [-0.1, -0.05) is 33.4 Å². The maximum absolute atomic E-state index is 6.84. The van der Waals surface area contributed by atoms with Crippen molar-refractivity contribution in [2.24, 2.45) is 5.92 Å². The van der Waals surface area contributed by atoms with Crippen molar-refractivity contribution in [3.63, 3.8) is 0 Å². The number of allylic oxidation sites excluding steroid dienone is 1. The van der Waals surface area contributed by atoms with Gasteiger partial charge in [-0.05, 0) is 48.9 Å². The SMILES string of the molecule is C=CCC[C@@H]1CC2(C[C@@H](O[Si](C)(C)C(C)(C)C)C1=C)SCCS2. The third-order valence-corrected chi connectivity index (χ3v) is 13.8. The molecule has 1 aliphatic carbocycles. The van der Waals surface area contributed by atoms with Gasteiger partial charge in [0.25, 0.3) is 0 Å². The summed E-state index contributed by atoms with van der Waals surface area (Å²) in [7, 11) is -1.76. The van der Waals surface area contributed by atoms with Crippen molar-refractivity contribution in [2.75, 3.05) is 11.5 Å². The molecule has 2 atom stereocenters. The van der Waals surface area contributed by atoms with Crippen LogP contribution in [0.25, 0.3) is 0 Å². The third kappa shape index (κ3) is 4.50. The van der Waals surface area contributed by atoms with Gasteiger partial charge in [0.2, 0.25) is 0 Å². The topological polar surface area (TPSA) is 9.23 Å². The Morgan fingerprint density at radius 1 is 1.26 bits per heavy atom. The van der Waals surface area contributed by atoms with E-state index in [0.717, 1.165) is 12.8 Å². The molecule has 1 spiro atoms. The summed E-state index contributed by atoms with van der Waals surface area (Å²) in [4.78, 5) is 0. The molecule has 2 aliphatic rings. The van der Waals surface area contributed by atoms with Crippen LogP contribution in [0, 0.1) is 5.92 Å². The molecular formula is C19H34OS2Si. The number of rotatable bonds is 5. The first-order valence-electron chi connectivity index (χ1n) is 8.85. The first-order chi connectivity index (χ1) is 10.6. The molecule has 0 aromatic rings. The molecule has 23 heavy (non-hydrogen) atoms. The summed E-state index contributed by atoms with van der Waals surface area (Å²) in [5.74, 6) is 3.17. The zero-order valence-corrected chi connectivity index (χ0v) is 18.2. The highest BCUT2D eigenvalue weighted by Gasteiger charge is 2.48. The second kappa shape index (κ2) is 7.31. The second-order valence-electron chi connectivity index (χ2n) is 8.52. The molecule has 0 radical (unpaired) electrons. The molecule has 132 valence electrons. The summed E-state index contributed by atoms with van der Waals surface area (Å²) in [6.45, 7) is 20.1. The molecule has 0 N–H and O–H groups in total. The van der Waals surface area contributed by atoms with Crippen molar-refractivity contribution >= 4 is 31.8 Å². The minimum atomic E-state index is -1.76. The van der Waals surface area contributed by atoms with Crippen molar-refractivity contribution < 1.29 is 4.43 Å². The van der Waals surface area contributed by atoms with Gasteiger partial charge in [-0.15, -0.1) is 30.1 Å². The van der Waals surface area contributed by atoms with Crippen LogP contribution in [0.5, 0.6) is 0 Å². The Bertz CT molecular complexity index is 447. The number of thioether (sulfide) groups is 2. The zero-order chi connectivity index (χ0) is 17.3. The van der Waals surface area contributed by atoms with Gasteiger partial charge in [0, 0.05) is 17.9 Å². The lowest BCUT2D eigenvalue weighted by Gasteiger charge is -2.47. The predicted molar refractivity (Wildman–Crippen MR) is 111 cm³/mol. The largest absolute Gasteiger partial charge is 0.410 e.